The van der Waals surface area contributed by atoms with Gasteiger partial charge in [0.05, 0.1) is 27.1 Å². The Morgan fingerprint density at radius 2 is 2.21 bits per heavy atom. The first-order valence-electron chi connectivity index (χ1n) is 5.81. The zero-order chi connectivity index (χ0) is 13.2. The molecule has 0 aliphatic carbocycles. The average Bonchev–Trinajstić information content (AvgIpc) is 2.78. The number of carbonyl (C=O) groups is 1. The van der Waals surface area contributed by atoms with Crippen LogP contribution in [0.2, 0.25) is 0 Å². The molecule has 0 aliphatic heterocycles. The zero-order valence-corrected chi connectivity index (χ0v) is 11.1. The Bertz CT molecular complexity index is 737. The van der Waals surface area contributed by atoms with E-state index in [2.05, 4.69) is 15.3 Å². The van der Waals surface area contributed by atoms with E-state index in [9.17, 15) is 4.79 Å². The van der Waals surface area contributed by atoms with E-state index in [1.807, 2.05) is 19.1 Å². The summed E-state index contributed by atoms with van der Waals surface area (Å²) in [6.45, 7) is 1.96. The number of rotatable bonds is 2. The molecule has 2 heterocycles. The lowest BCUT2D eigenvalue weighted by molar-refractivity contribution is 0.102. The van der Waals surface area contributed by atoms with Gasteiger partial charge >= 0.3 is 0 Å². The van der Waals surface area contributed by atoms with Gasteiger partial charge in [-0.1, -0.05) is 0 Å². The number of benzene rings is 1. The fourth-order valence-corrected chi connectivity index (χ4v) is 2.69. The maximum atomic E-state index is 12.1. The molecule has 3 aromatic rings. The van der Waals surface area contributed by atoms with Crippen LogP contribution >= 0.6 is 11.3 Å². The van der Waals surface area contributed by atoms with Crippen molar-refractivity contribution in [2.45, 2.75) is 6.92 Å². The number of fused-ring (bicyclic) bond motifs is 1. The quantitative estimate of drug-likeness (QED) is 0.777. The van der Waals surface area contributed by atoms with E-state index in [1.165, 1.54) is 0 Å². The van der Waals surface area contributed by atoms with Crippen molar-refractivity contribution in [1.29, 1.82) is 0 Å². The number of aromatic nitrogens is 2. The molecule has 0 saturated carbocycles. The molecule has 0 spiro atoms. The number of thiazole rings is 1. The molecule has 1 amide bonds. The average molecular weight is 269 g/mol. The smallest absolute Gasteiger partial charge is 0.255 e. The first-order chi connectivity index (χ1) is 9.22. The van der Waals surface area contributed by atoms with Crippen molar-refractivity contribution in [3.05, 3.63) is 53.3 Å². The van der Waals surface area contributed by atoms with Crippen LogP contribution in [0.3, 0.4) is 0 Å². The van der Waals surface area contributed by atoms with Crippen molar-refractivity contribution in [1.82, 2.24) is 9.97 Å². The fourth-order valence-electron chi connectivity index (χ4n) is 1.82. The van der Waals surface area contributed by atoms with Gasteiger partial charge < -0.3 is 5.32 Å². The van der Waals surface area contributed by atoms with Crippen LogP contribution < -0.4 is 5.32 Å². The summed E-state index contributed by atoms with van der Waals surface area (Å²) in [5.74, 6) is -0.138. The van der Waals surface area contributed by atoms with Crippen LogP contribution in [0.25, 0.3) is 10.2 Å². The Morgan fingerprint density at radius 1 is 1.32 bits per heavy atom. The molecule has 0 saturated heterocycles. The van der Waals surface area contributed by atoms with E-state index in [-0.39, 0.29) is 5.91 Å². The molecule has 0 atom stereocenters. The Morgan fingerprint density at radius 3 is 3.00 bits per heavy atom. The van der Waals surface area contributed by atoms with Gasteiger partial charge in [-0.05, 0) is 37.3 Å². The number of hydrogen-bond acceptors (Lipinski definition) is 4. The molecule has 2 aromatic heterocycles. The van der Waals surface area contributed by atoms with Crippen molar-refractivity contribution in [3.63, 3.8) is 0 Å². The van der Waals surface area contributed by atoms with E-state index in [0.717, 1.165) is 15.2 Å². The molecule has 0 unspecified atom stereocenters. The lowest BCUT2D eigenvalue weighted by atomic mass is 10.2. The first kappa shape index (κ1) is 11.8. The summed E-state index contributed by atoms with van der Waals surface area (Å²) in [6, 6.07) is 9.11. The number of hydrogen-bond donors (Lipinski definition) is 1. The van der Waals surface area contributed by atoms with Crippen molar-refractivity contribution < 1.29 is 4.79 Å². The minimum absolute atomic E-state index is 0.138. The van der Waals surface area contributed by atoms with Gasteiger partial charge in [0.2, 0.25) is 0 Å². The molecule has 1 aromatic carbocycles. The summed E-state index contributed by atoms with van der Waals surface area (Å²) < 4.78 is 1.02. The Kier molecular flexibility index (Phi) is 2.97. The third-order valence-corrected chi connectivity index (χ3v) is 3.61. The van der Waals surface area contributed by atoms with E-state index < -0.39 is 0 Å². The van der Waals surface area contributed by atoms with Crippen LogP contribution in [-0.2, 0) is 0 Å². The number of aryl methyl sites for hydroxylation is 1. The maximum Gasteiger partial charge on any atom is 0.255 e. The van der Waals surface area contributed by atoms with Gasteiger partial charge in [0, 0.05) is 11.8 Å². The van der Waals surface area contributed by atoms with Crippen molar-refractivity contribution in [3.8, 4) is 0 Å². The van der Waals surface area contributed by atoms with Crippen LogP contribution in [0.4, 0.5) is 5.69 Å². The zero-order valence-electron chi connectivity index (χ0n) is 10.3. The molecule has 1 N–H and O–H groups in total. The number of nitrogens with zero attached hydrogens (tertiary/aromatic N) is 2. The van der Waals surface area contributed by atoms with Crippen LogP contribution in [-0.4, -0.2) is 15.9 Å². The molecule has 4 nitrogen and oxygen atoms in total. The summed E-state index contributed by atoms with van der Waals surface area (Å²) >= 11 is 1.59. The number of anilines is 1. The molecular formula is C14H11N3OS. The van der Waals surface area contributed by atoms with Gasteiger partial charge in [-0.3, -0.25) is 9.78 Å². The van der Waals surface area contributed by atoms with E-state index in [1.54, 1.807) is 41.9 Å². The number of carbonyl (C=O) groups excluding carboxylic acids is 1. The molecule has 0 radical (unpaired) electrons. The highest BCUT2D eigenvalue weighted by atomic mass is 32.1. The van der Waals surface area contributed by atoms with E-state index >= 15 is 0 Å². The molecule has 5 heteroatoms. The molecular weight excluding hydrogens is 258 g/mol. The van der Waals surface area contributed by atoms with Gasteiger partial charge in [0.1, 0.15) is 0 Å². The SMILES string of the molecule is Cc1nc2ccc(C(=O)Nc3cccnc3)cc2s1. The number of amides is 1. The van der Waals surface area contributed by atoms with Crippen LogP contribution in [0.1, 0.15) is 15.4 Å². The summed E-state index contributed by atoms with van der Waals surface area (Å²) in [5.41, 5.74) is 2.24. The molecule has 94 valence electrons. The highest BCUT2D eigenvalue weighted by molar-refractivity contribution is 7.18. The third kappa shape index (κ3) is 2.46. The van der Waals surface area contributed by atoms with Crippen molar-refractivity contribution >= 4 is 33.1 Å². The van der Waals surface area contributed by atoms with Gasteiger partial charge in [0.15, 0.2) is 0 Å². The van der Waals surface area contributed by atoms with E-state index in [4.69, 9.17) is 0 Å². The predicted octanol–water partition coefficient (Wildman–Crippen LogP) is 3.25. The predicted molar refractivity (Wildman–Crippen MR) is 76.5 cm³/mol. The monoisotopic (exact) mass is 269 g/mol. The van der Waals surface area contributed by atoms with Gasteiger partial charge in [-0.15, -0.1) is 11.3 Å². The third-order valence-electron chi connectivity index (χ3n) is 2.68. The molecule has 3 rings (SSSR count). The minimum Gasteiger partial charge on any atom is -0.321 e. The Labute approximate surface area is 114 Å². The lowest BCUT2D eigenvalue weighted by Crippen LogP contribution is -2.11. The minimum atomic E-state index is -0.138. The summed E-state index contributed by atoms with van der Waals surface area (Å²) in [6.07, 6.45) is 3.29. The second-order valence-electron chi connectivity index (χ2n) is 4.11. The lowest BCUT2D eigenvalue weighted by Gasteiger charge is -2.04. The first-order valence-corrected chi connectivity index (χ1v) is 6.62. The highest BCUT2D eigenvalue weighted by Gasteiger charge is 2.08. The largest absolute Gasteiger partial charge is 0.321 e. The van der Waals surface area contributed by atoms with E-state index in [0.29, 0.717) is 11.3 Å². The molecule has 0 bridgehead atoms. The van der Waals surface area contributed by atoms with Crippen LogP contribution in [0.5, 0.6) is 0 Å². The normalized spacial score (nSPS) is 10.6. The summed E-state index contributed by atoms with van der Waals surface area (Å²) in [7, 11) is 0. The topological polar surface area (TPSA) is 54.9 Å². The number of pyridine rings is 1. The molecule has 0 aliphatic rings. The fraction of sp³-hybridized carbons (Fsp3) is 0.0714. The highest BCUT2D eigenvalue weighted by Crippen LogP contribution is 2.23. The van der Waals surface area contributed by atoms with Crippen LogP contribution in [0.15, 0.2) is 42.7 Å². The van der Waals surface area contributed by atoms with Gasteiger partial charge in [-0.2, -0.15) is 0 Å². The Hall–Kier alpha value is -2.27. The van der Waals surface area contributed by atoms with Crippen molar-refractivity contribution in [2.75, 3.05) is 5.32 Å². The second-order valence-corrected chi connectivity index (χ2v) is 5.35. The standard InChI is InChI=1S/C14H11N3OS/c1-9-16-12-5-4-10(7-13(12)19-9)14(18)17-11-3-2-6-15-8-11/h2-8H,1H3,(H,17,18). The maximum absolute atomic E-state index is 12.1. The van der Waals surface area contributed by atoms with Gasteiger partial charge in [0.25, 0.3) is 5.91 Å². The summed E-state index contributed by atoms with van der Waals surface area (Å²) in [5, 5.41) is 3.81. The summed E-state index contributed by atoms with van der Waals surface area (Å²) in [4.78, 5) is 20.4. The van der Waals surface area contributed by atoms with Crippen LogP contribution in [0, 0.1) is 6.92 Å². The second kappa shape index (κ2) is 4.78. The Balaban J connectivity index is 1.89. The van der Waals surface area contributed by atoms with Crippen molar-refractivity contribution in [2.24, 2.45) is 0 Å². The molecule has 0 fully saturated rings. The molecule has 19 heavy (non-hydrogen) atoms. The van der Waals surface area contributed by atoms with Gasteiger partial charge in [-0.25, -0.2) is 4.98 Å². The number of nitrogens with one attached hydrogen (secondary N) is 1.